The second-order valence-corrected chi connectivity index (χ2v) is 5.86. The summed E-state index contributed by atoms with van der Waals surface area (Å²) in [4.78, 5) is 4.23. The highest BCUT2D eigenvalue weighted by atomic mass is 16.5. The minimum Gasteiger partial charge on any atom is -0.488 e. The monoisotopic (exact) mass is 334 g/mol. The van der Waals surface area contributed by atoms with E-state index in [1.165, 1.54) is 6.07 Å². The highest BCUT2D eigenvalue weighted by molar-refractivity contribution is 5.50. The Labute approximate surface area is 146 Å². The van der Waals surface area contributed by atoms with E-state index in [4.69, 9.17) is 20.0 Å². The molecule has 1 aromatic heterocycles. The van der Waals surface area contributed by atoms with E-state index in [0.29, 0.717) is 35.5 Å². The van der Waals surface area contributed by atoms with Gasteiger partial charge in [0, 0.05) is 18.7 Å². The molecule has 0 radical (unpaired) electrons. The van der Waals surface area contributed by atoms with E-state index in [9.17, 15) is 0 Å². The first-order valence-electron chi connectivity index (χ1n) is 8.21. The molecule has 1 N–H and O–H groups in total. The minimum atomic E-state index is 0.270. The number of piperidine rings is 1. The van der Waals surface area contributed by atoms with Gasteiger partial charge in [-0.3, -0.25) is 0 Å². The first-order chi connectivity index (χ1) is 12.3. The summed E-state index contributed by atoms with van der Waals surface area (Å²) in [5.74, 6) is 1.83. The predicted molar refractivity (Wildman–Crippen MR) is 91.3 cm³/mol. The molecule has 2 aromatic rings. The number of nitrogens with zero attached hydrogens (tertiary/aromatic N) is 3. The van der Waals surface area contributed by atoms with Crippen molar-refractivity contribution in [2.45, 2.75) is 12.8 Å². The average molecular weight is 334 g/mol. The van der Waals surface area contributed by atoms with Gasteiger partial charge < -0.3 is 14.8 Å². The maximum absolute atomic E-state index is 9.12. The minimum absolute atomic E-state index is 0.270. The topological polar surface area (TPSA) is 91.0 Å². The van der Waals surface area contributed by atoms with E-state index in [2.05, 4.69) is 10.3 Å². The van der Waals surface area contributed by atoms with E-state index >= 15 is 0 Å². The van der Waals surface area contributed by atoms with Crippen LogP contribution in [-0.4, -0.2) is 24.7 Å². The summed E-state index contributed by atoms with van der Waals surface area (Å²) >= 11 is 0. The molecule has 6 heteroatoms. The lowest BCUT2D eigenvalue weighted by Gasteiger charge is -2.23. The van der Waals surface area contributed by atoms with Crippen molar-refractivity contribution >= 4 is 0 Å². The fraction of sp³-hybridized carbons (Fsp3) is 0.316. The Morgan fingerprint density at radius 3 is 2.84 bits per heavy atom. The highest BCUT2D eigenvalue weighted by Crippen LogP contribution is 2.30. The normalized spacial score (nSPS) is 16.5. The predicted octanol–water partition coefficient (Wildman–Crippen LogP) is 3.00. The summed E-state index contributed by atoms with van der Waals surface area (Å²) in [6, 6.07) is 12.3. The fourth-order valence-corrected chi connectivity index (χ4v) is 2.72. The first-order valence-corrected chi connectivity index (χ1v) is 8.21. The Morgan fingerprint density at radius 2 is 2.08 bits per heavy atom. The van der Waals surface area contributed by atoms with Crippen LogP contribution in [0.4, 0.5) is 0 Å². The van der Waals surface area contributed by atoms with Gasteiger partial charge in [0.1, 0.15) is 17.9 Å². The Hall–Kier alpha value is -3.09. The van der Waals surface area contributed by atoms with E-state index in [0.717, 1.165) is 25.9 Å². The molecule has 1 aliphatic heterocycles. The lowest BCUT2D eigenvalue weighted by Crippen LogP contribution is -2.33. The second kappa shape index (κ2) is 8.14. The van der Waals surface area contributed by atoms with Gasteiger partial charge in [-0.05, 0) is 49.7 Å². The number of nitrogens with one attached hydrogen (secondary N) is 1. The van der Waals surface area contributed by atoms with Crippen LogP contribution in [0.1, 0.15) is 24.0 Å². The molecule has 0 amide bonds. The van der Waals surface area contributed by atoms with Gasteiger partial charge in [-0.1, -0.05) is 0 Å². The third-order valence-corrected chi connectivity index (χ3v) is 4.06. The van der Waals surface area contributed by atoms with Crippen molar-refractivity contribution in [1.29, 1.82) is 10.5 Å². The zero-order chi connectivity index (χ0) is 17.5. The maximum atomic E-state index is 9.12. The lowest BCUT2D eigenvalue weighted by atomic mass is 10.0. The summed E-state index contributed by atoms with van der Waals surface area (Å²) in [6.45, 7) is 2.63. The van der Waals surface area contributed by atoms with Crippen LogP contribution in [0.25, 0.3) is 0 Å². The molecule has 0 bridgehead atoms. The summed E-state index contributed by atoms with van der Waals surface area (Å²) < 4.78 is 11.7. The highest BCUT2D eigenvalue weighted by Gasteiger charge is 2.16. The molecular formula is C19H18N4O2. The molecular weight excluding hydrogens is 316 g/mol. The zero-order valence-electron chi connectivity index (χ0n) is 13.7. The van der Waals surface area contributed by atoms with Crippen molar-refractivity contribution in [2.75, 3.05) is 19.7 Å². The van der Waals surface area contributed by atoms with Crippen molar-refractivity contribution in [3.8, 4) is 29.5 Å². The number of hydrogen-bond donors (Lipinski definition) is 1. The molecule has 6 nitrogen and oxygen atoms in total. The molecule has 1 fully saturated rings. The molecule has 3 rings (SSSR count). The Balaban J connectivity index is 1.72. The average Bonchev–Trinajstić information content (AvgIpc) is 2.68. The van der Waals surface area contributed by atoms with Crippen LogP contribution in [0.15, 0.2) is 36.5 Å². The molecule has 25 heavy (non-hydrogen) atoms. The van der Waals surface area contributed by atoms with Gasteiger partial charge in [-0.25, -0.2) is 4.98 Å². The van der Waals surface area contributed by atoms with Crippen molar-refractivity contribution < 1.29 is 9.47 Å². The molecule has 2 heterocycles. The van der Waals surface area contributed by atoms with Gasteiger partial charge in [0.2, 0.25) is 0 Å². The summed E-state index contributed by atoms with van der Waals surface area (Å²) in [7, 11) is 0. The molecule has 1 saturated heterocycles. The van der Waals surface area contributed by atoms with Crippen molar-refractivity contribution in [1.82, 2.24) is 10.3 Å². The van der Waals surface area contributed by atoms with E-state index in [1.54, 1.807) is 24.4 Å². The molecule has 1 atom stereocenters. The van der Waals surface area contributed by atoms with Crippen LogP contribution < -0.4 is 14.8 Å². The van der Waals surface area contributed by atoms with Crippen molar-refractivity contribution in [3.63, 3.8) is 0 Å². The van der Waals surface area contributed by atoms with Gasteiger partial charge in [0.05, 0.1) is 17.7 Å². The third-order valence-electron chi connectivity index (χ3n) is 4.06. The van der Waals surface area contributed by atoms with Crippen LogP contribution in [0.3, 0.4) is 0 Å². The van der Waals surface area contributed by atoms with Crippen LogP contribution in [-0.2, 0) is 0 Å². The summed E-state index contributed by atoms with van der Waals surface area (Å²) in [6.07, 6.45) is 3.93. The van der Waals surface area contributed by atoms with E-state index in [-0.39, 0.29) is 5.56 Å². The van der Waals surface area contributed by atoms with Crippen molar-refractivity contribution in [3.05, 3.63) is 47.7 Å². The van der Waals surface area contributed by atoms with Crippen LogP contribution in [0.5, 0.6) is 17.4 Å². The molecule has 0 aliphatic carbocycles. The number of benzene rings is 1. The number of rotatable bonds is 5. The maximum Gasteiger partial charge on any atom is 0.262 e. The number of hydrogen-bond acceptors (Lipinski definition) is 6. The largest absolute Gasteiger partial charge is 0.488 e. The standard InChI is InChI=1S/C19H18N4O2/c20-10-15-5-6-17(9-16(15)11-21)25-19-18(4-2-8-23-19)24-13-14-3-1-7-22-12-14/h2,4-6,8-9,14,22H,1,3,7,12-13H2/t14-/m0/s1. The third kappa shape index (κ3) is 4.26. The van der Waals surface area contributed by atoms with Gasteiger partial charge in [-0.2, -0.15) is 10.5 Å². The van der Waals surface area contributed by atoms with Crippen LogP contribution >= 0.6 is 0 Å². The molecule has 0 saturated carbocycles. The van der Waals surface area contributed by atoms with Gasteiger partial charge in [0.15, 0.2) is 5.75 Å². The van der Waals surface area contributed by atoms with Crippen LogP contribution in [0, 0.1) is 28.6 Å². The van der Waals surface area contributed by atoms with E-state index < -0.39 is 0 Å². The van der Waals surface area contributed by atoms with Gasteiger partial charge >= 0.3 is 0 Å². The molecule has 0 spiro atoms. The number of pyridine rings is 1. The lowest BCUT2D eigenvalue weighted by molar-refractivity contribution is 0.212. The Morgan fingerprint density at radius 1 is 1.20 bits per heavy atom. The molecule has 0 unspecified atom stereocenters. The fourth-order valence-electron chi connectivity index (χ4n) is 2.72. The number of nitriles is 2. The summed E-state index contributed by atoms with van der Waals surface area (Å²) in [5, 5.41) is 21.5. The van der Waals surface area contributed by atoms with E-state index in [1.807, 2.05) is 18.2 Å². The first kappa shape index (κ1) is 16.8. The summed E-state index contributed by atoms with van der Waals surface area (Å²) in [5.41, 5.74) is 0.587. The molecule has 126 valence electrons. The second-order valence-electron chi connectivity index (χ2n) is 5.86. The number of ether oxygens (including phenoxy) is 2. The quantitative estimate of drug-likeness (QED) is 0.904. The molecule has 1 aromatic carbocycles. The Kier molecular flexibility index (Phi) is 5.46. The van der Waals surface area contributed by atoms with Gasteiger partial charge in [-0.15, -0.1) is 0 Å². The van der Waals surface area contributed by atoms with Gasteiger partial charge in [0.25, 0.3) is 5.88 Å². The smallest absolute Gasteiger partial charge is 0.262 e. The SMILES string of the molecule is N#Cc1ccc(Oc2ncccc2OC[C@H]2CCCNC2)cc1C#N. The van der Waals surface area contributed by atoms with Crippen LogP contribution in [0.2, 0.25) is 0 Å². The molecule has 1 aliphatic rings. The Bertz CT molecular complexity index is 817. The zero-order valence-corrected chi connectivity index (χ0v) is 13.7. The number of aromatic nitrogens is 1. The van der Waals surface area contributed by atoms with Crippen molar-refractivity contribution in [2.24, 2.45) is 5.92 Å².